The van der Waals surface area contributed by atoms with Crippen LogP contribution in [0.15, 0.2) is 11.6 Å². The minimum atomic E-state index is -0.678. The first-order valence-electron chi connectivity index (χ1n) is 12.9. The van der Waals surface area contributed by atoms with E-state index in [1.807, 2.05) is 34.6 Å². The quantitative estimate of drug-likeness (QED) is 0.376. The van der Waals surface area contributed by atoms with Crippen molar-refractivity contribution in [2.75, 3.05) is 20.2 Å². The summed E-state index contributed by atoms with van der Waals surface area (Å²) in [5, 5.41) is 3.12. The van der Waals surface area contributed by atoms with Crippen LogP contribution >= 0.6 is 0 Å². The minimum Gasteiger partial charge on any atom is -0.463 e. The predicted molar refractivity (Wildman–Crippen MR) is 137 cm³/mol. The Labute approximate surface area is 207 Å². The molecule has 2 amide bonds. The molecule has 7 nitrogen and oxygen atoms in total. The largest absolute Gasteiger partial charge is 0.463 e. The number of piperidine rings is 1. The van der Waals surface area contributed by atoms with Gasteiger partial charge in [0, 0.05) is 18.7 Å². The molecule has 0 bridgehead atoms. The highest BCUT2D eigenvalue weighted by molar-refractivity contribution is 5.91. The Hall–Kier alpha value is -1.89. The van der Waals surface area contributed by atoms with Crippen molar-refractivity contribution in [1.29, 1.82) is 0 Å². The topological polar surface area (TPSA) is 79.0 Å². The maximum absolute atomic E-state index is 13.8. The zero-order valence-electron chi connectivity index (χ0n) is 23.2. The Bertz CT molecular complexity index is 726. The van der Waals surface area contributed by atoms with Gasteiger partial charge in [0.2, 0.25) is 11.8 Å². The third-order valence-corrected chi connectivity index (χ3v) is 6.90. The number of likely N-dealkylation sites (N-methyl/N-ethyl adjacent to an activating group) is 1. The number of ether oxygens (including phenoxy) is 1. The molecule has 1 N–H and O–H groups in total. The van der Waals surface area contributed by atoms with Crippen LogP contribution in [0.5, 0.6) is 0 Å². The number of esters is 1. The smallest absolute Gasteiger partial charge is 0.333 e. The molecule has 0 aromatic heterocycles. The van der Waals surface area contributed by atoms with Crippen LogP contribution in [0.1, 0.15) is 88.0 Å². The van der Waals surface area contributed by atoms with Crippen molar-refractivity contribution < 1.29 is 19.1 Å². The predicted octanol–water partition coefficient (Wildman–Crippen LogP) is 4.16. The van der Waals surface area contributed by atoms with E-state index in [0.717, 1.165) is 32.2 Å². The summed E-state index contributed by atoms with van der Waals surface area (Å²) in [7, 11) is 1.75. The van der Waals surface area contributed by atoms with Crippen molar-refractivity contribution in [2.45, 2.75) is 112 Å². The van der Waals surface area contributed by atoms with Crippen molar-refractivity contribution in [3.63, 3.8) is 0 Å². The number of carbonyl (C=O) groups is 3. The maximum atomic E-state index is 13.8. The minimum absolute atomic E-state index is 0.0685. The number of hydrogen-bond acceptors (Lipinski definition) is 5. The number of nitrogens with one attached hydrogen (secondary N) is 1. The molecule has 4 atom stereocenters. The Morgan fingerprint density at radius 3 is 2.26 bits per heavy atom. The summed E-state index contributed by atoms with van der Waals surface area (Å²) in [6.07, 6.45) is 5.71. The maximum Gasteiger partial charge on any atom is 0.333 e. The van der Waals surface area contributed by atoms with Crippen molar-refractivity contribution in [3.05, 3.63) is 11.6 Å². The van der Waals surface area contributed by atoms with Gasteiger partial charge in [0.15, 0.2) is 0 Å². The van der Waals surface area contributed by atoms with Gasteiger partial charge >= 0.3 is 5.97 Å². The van der Waals surface area contributed by atoms with Gasteiger partial charge in [0.05, 0.1) is 18.7 Å². The van der Waals surface area contributed by atoms with Crippen molar-refractivity contribution in [1.82, 2.24) is 15.1 Å². The number of amides is 2. The Morgan fingerprint density at radius 2 is 1.76 bits per heavy atom. The van der Waals surface area contributed by atoms with Crippen molar-refractivity contribution in [3.8, 4) is 0 Å². The van der Waals surface area contributed by atoms with Gasteiger partial charge in [-0.05, 0) is 57.9 Å². The monoisotopic (exact) mass is 479 g/mol. The molecule has 0 radical (unpaired) electrons. The molecule has 1 rings (SSSR count). The average molecular weight is 480 g/mol. The fourth-order valence-corrected chi connectivity index (χ4v) is 4.56. The van der Waals surface area contributed by atoms with Gasteiger partial charge in [0.1, 0.15) is 6.04 Å². The molecule has 1 saturated heterocycles. The van der Waals surface area contributed by atoms with Crippen LogP contribution in [0, 0.1) is 11.3 Å². The molecular weight excluding hydrogens is 430 g/mol. The van der Waals surface area contributed by atoms with Gasteiger partial charge in [0.25, 0.3) is 0 Å². The summed E-state index contributed by atoms with van der Waals surface area (Å²) in [5.74, 6) is -0.523. The normalized spacial score (nSPS) is 20.4. The van der Waals surface area contributed by atoms with Crippen LogP contribution in [0.25, 0.3) is 0 Å². The van der Waals surface area contributed by atoms with Crippen LogP contribution in [0.3, 0.4) is 0 Å². The SMILES string of the molecule is CCOC(=O)/C(C)=C/[C@H](C(C)C)N(C)C(=O)[C@@H](NC(=O)[C@H]1CCCCN1C(C)CC)C(C)(C)C. The zero-order valence-corrected chi connectivity index (χ0v) is 23.2. The van der Waals surface area contributed by atoms with E-state index in [4.69, 9.17) is 4.74 Å². The molecular formula is C27H49N3O4. The highest BCUT2D eigenvalue weighted by atomic mass is 16.5. The summed E-state index contributed by atoms with van der Waals surface area (Å²) in [6.45, 7) is 18.9. The van der Waals surface area contributed by atoms with E-state index in [1.165, 1.54) is 0 Å². The molecule has 1 unspecified atom stereocenters. The molecule has 0 spiro atoms. The third-order valence-electron chi connectivity index (χ3n) is 6.90. The van der Waals surface area contributed by atoms with Crippen LogP contribution in [0.4, 0.5) is 0 Å². The zero-order chi connectivity index (χ0) is 26.2. The van der Waals surface area contributed by atoms with E-state index in [9.17, 15) is 14.4 Å². The van der Waals surface area contributed by atoms with Gasteiger partial charge in [-0.2, -0.15) is 0 Å². The average Bonchev–Trinajstić information content (AvgIpc) is 2.78. The highest BCUT2D eigenvalue weighted by Gasteiger charge is 2.40. The van der Waals surface area contributed by atoms with E-state index >= 15 is 0 Å². The number of carbonyl (C=O) groups excluding carboxylic acids is 3. The second-order valence-electron chi connectivity index (χ2n) is 11.1. The van der Waals surface area contributed by atoms with Gasteiger partial charge in [-0.3, -0.25) is 14.5 Å². The van der Waals surface area contributed by atoms with Gasteiger partial charge in [-0.15, -0.1) is 0 Å². The fraction of sp³-hybridized carbons (Fsp3) is 0.815. The van der Waals surface area contributed by atoms with Crippen molar-refractivity contribution in [2.24, 2.45) is 11.3 Å². The number of nitrogens with zero attached hydrogens (tertiary/aromatic N) is 2. The van der Waals surface area contributed by atoms with Crippen molar-refractivity contribution >= 4 is 17.8 Å². The lowest BCUT2D eigenvalue weighted by Gasteiger charge is -2.41. The summed E-state index contributed by atoms with van der Waals surface area (Å²) in [5.41, 5.74) is 0.00104. The molecule has 0 saturated carbocycles. The highest BCUT2D eigenvalue weighted by Crippen LogP contribution is 2.26. The van der Waals surface area contributed by atoms with Gasteiger partial charge < -0.3 is 15.0 Å². The number of likely N-dealkylation sites (tertiary alicyclic amines) is 1. The van der Waals surface area contributed by atoms with Crippen LogP contribution in [-0.4, -0.2) is 72.0 Å². The molecule has 34 heavy (non-hydrogen) atoms. The second kappa shape index (κ2) is 13.3. The summed E-state index contributed by atoms with van der Waals surface area (Å²) in [4.78, 5) is 43.3. The first-order chi connectivity index (χ1) is 15.8. The second-order valence-corrected chi connectivity index (χ2v) is 11.1. The van der Waals surface area contributed by atoms with Crippen LogP contribution < -0.4 is 5.32 Å². The standard InChI is InChI=1S/C27H49N3O4/c1-11-20(6)30-16-14-13-15-21(30)24(31)28-23(27(7,8)9)25(32)29(10)22(18(3)4)17-19(5)26(33)34-12-2/h17-18,20-23H,11-16H2,1-10H3,(H,28,31)/b19-17+/t20?,21-,22-,23-/m1/s1. The molecule has 7 heteroatoms. The van der Waals surface area contributed by atoms with Crippen LogP contribution in [0.2, 0.25) is 0 Å². The van der Waals surface area contributed by atoms with Gasteiger partial charge in [-0.1, -0.05) is 54.0 Å². The Morgan fingerprint density at radius 1 is 1.15 bits per heavy atom. The first-order valence-corrected chi connectivity index (χ1v) is 12.9. The Balaban J connectivity index is 3.17. The van der Waals surface area contributed by atoms with E-state index in [0.29, 0.717) is 18.2 Å². The molecule has 196 valence electrons. The van der Waals surface area contributed by atoms with E-state index in [-0.39, 0.29) is 35.8 Å². The first kappa shape index (κ1) is 30.1. The molecule has 1 fully saturated rings. The third kappa shape index (κ3) is 8.10. The fourth-order valence-electron chi connectivity index (χ4n) is 4.56. The molecule has 1 aliphatic heterocycles. The summed E-state index contributed by atoms with van der Waals surface area (Å²) in [6, 6.07) is -0.865. The van der Waals surface area contributed by atoms with E-state index in [2.05, 4.69) is 24.1 Å². The lowest BCUT2D eigenvalue weighted by atomic mass is 9.84. The number of rotatable bonds is 10. The van der Waals surface area contributed by atoms with E-state index in [1.54, 1.807) is 31.9 Å². The molecule has 1 aliphatic rings. The molecule has 1 heterocycles. The summed E-state index contributed by atoms with van der Waals surface area (Å²) >= 11 is 0. The lowest BCUT2D eigenvalue weighted by molar-refractivity contribution is -0.142. The molecule has 0 aliphatic carbocycles. The Kier molecular flexibility index (Phi) is 11.8. The molecule has 0 aromatic carbocycles. The number of hydrogen-bond donors (Lipinski definition) is 1. The molecule has 0 aromatic rings. The van der Waals surface area contributed by atoms with E-state index < -0.39 is 11.5 Å². The summed E-state index contributed by atoms with van der Waals surface area (Å²) < 4.78 is 5.11. The van der Waals surface area contributed by atoms with Gasteiger partial charge in [-0.25, -0.2) is 4.79 Å². The van der Waals surface area contributed by atoms with Crippen LogP contribution in [-0.2, 0) is 19.1 Å². The lowest BCUT2D eigenvalue weighted by Crippen LogP contribution is -2.60.